The van der Waals surface area contributed by atoms with E-state index < -0.39 is 0 Å². The number of hydrogen-bond acceptors (Lipinski definition) is 4. The zero-order valence-corrected chi connectivity index (χ0v) is 9.72. The highest BCUT2D eigenvalue weighted by Crippen LogP contribution is 2.31. The smallest absolute Gasteiger partial charge is 0.234 e. The van der Waals surface area contributed by atoms with Crippen LogP contribution >= 0.6 is 0 Å². The van der Waals surface area contributed by atoms with Gasteiger partial charge in [0.15, 0.2) is 18.1 Å². The van der Waals surface area contributed by atoms with Gasteiger partial charge in [-0.05, 0) is 31.5 Å². The Labute approximate surface area is 101 Å². The molecule has 92 valence electrons. The van der Waals surface area contributed by atoms with Gasteiger partial charge in [-0.2, -0.15) is 0 Å². The van der Waals surface area contributed by atoms with Crippen LogP contribution in [0.1, 0.15) is 12.8 Å². The summed E-state index contributed by atoms with van der Waals surface area (Å²) >= 11 is 0. The van der Waals surface area contributed by atoms with Crippen molar-refractivity contribution in [3.8, 4) is 11.5 Å². The first-order valence-corrected chi connectivity index (χ1v) is 6.16. The van der Waals surface area contributed by atoms with Gasteiger partial charge in [0, 0.05) is 6.54 Å². The molecule has 1 saturated heterocycles. The lowest BCUT2D eigenvalue weighted by atomic mass is 10.1. The number of para-hydroxylation sites is 2. The lowest BCUT2D eigenvalue weighted by molar-refractivity contribution is -0.150. The number of benzene rings is 1. The van der Waals surface area contributed by atoms with Crippen LogP contribution in [0.2, 0.25) is 0 Å². The van der Waals surface area contributed by atoms with Crippen LogP contribution in [0.15, 0.2) is 24.3 Å². The summed E-state index contributed by atoms with van der Waals surface area (Å²) in [6.45, 7) is 2.46. The fourth-order valence-corrected chi connectivity index (χ4v) is 2.22. The topological polar surface area (TPSA) is 39.7 Å². The van der Waals surface area contributed by atoms with Crippen molar-refractivity contribution in [2.75, 3.05) is 19.7 Å². The van der Waals surface area contributed by atoms with Crippen LogP contribution in [-0.2, 0) is 4.74 Å². The van der Waals surface area contributed by atoms with E-state index in [1.54, 1.807) is 0 Å². The molecule has 2 aliphatic heterocycles. The summed E-state index contributed by atoms with van der Waals surface area (Å²) in [5.41, 5.74) is 0. The van der Waals surface area contributed by atoms with Crippen molar-refractivity contribution in [2.45, 2.75) is 25.2 Å². The Morgan fingerprint density at radius 1 is 1.24 bits per heavy atom. The highest BCUT2D eigenvalue weighted by Gasteiger charge is 2.25. The van der Waals surface area contributed by atoms with Crippen molar-refractivity contribution >= 4 is 0 Å². The lowest BCUT2D eigenvalue weighted by Gasteiger charge is -2.31. The van der Waals surface area contributed by atoms with Gasteiger partial charge in [-0.3, -0.25) is 0 Å². The molecule has 0 bridgehead atoms. The van der Waals surface area contributed by atoms with E-state index in [0.717, 1.165) is 37.4 Å². The van der Waals surface area contributed by atoms with Crippen molar-refractivity contribution in [1.82, 2.24) is 5.32 Å². The molecule has 4 nitrogen and oxygen atoms in total. The molecule has 2 aliphatic rings. The minimum atomic E-state index is -0.283. The normalized spacial score (nSPS) is 27.8. The van der Waals surface area contributed by atoms with E-state index in [1.807, 2.05) is 24.3 Å². The first-order chi connectivity index (χ1) is 8.42. The molecule has 2 heterocycles. The van der Waals surface area contributed by atoms with Crippen LogP contribution in [0.5, 0.6) is 11.5 Å². The Hall–Kier alpha value is -1.26. The average Bonchev–Trinajstić information content (AvgIpc) is 2.40. The van der Waals surface area contributed by atoms with Gasteiger partial charge in [-0.15, -0.1) is 0 Å². The van der Waals surface area contributed by atoms with Gasteiger partial charge in [-0.25, -0.2) is 0 Å². The van der Waals surface area contributed by atoms with Gasteiger partial charge in [0.05, 0.1) is 6.10 Å². The molecule has 0 spiro atoms. The molecule has 4 heteroatoms. The van der Waals surface area contributed by atoms with Gasteiger partial charge in [0.1, 0.15) is 0 Å². The molecule has 0 amide bonds. The van der Waals surface area contributed by atoms with Crippen LogP contribution in [0.3, 0.4) is 0 Å². The summed E-state index contributed by atoms with van der Waals surface area (Å²) in [4.78, 5) is 0. The van der Waals surface area contributed by atoms with E-state index >= 15 is 0 Å². The fraction of sp³-hybridized carbons (Fsp3) is 0.538. The van der Waals surface area contributed by atoms with Crippen molar-refractivity contribution in [2.24, 2.45) is 0 Å². The highest BCUT2D eigenvalue weighted by atomic mass is 16.7. The van der Waals surface area contributed by atoms with E-state index in [0.29, 0.717) is 6.61 Å². The summed E-state index contributed by atoms with van der Waals surface area (Å²) in [5, 5.41) is 3.32. The second kappa shape index (κ2) is 4.94. The molecule has 0 aromatic heterocycles. The number of piperidine rings is 1. The minimum Gasteiger partial charge on any atom is -0.483 e. The van der Waals surface area contributed by atoms with Gasteiger partial charge in [-0.1, -0.05) is 12.1 Å². The molecular weight excluding hydrogens is 218 g/mol. The van der Waals surface area contributed by atoms with E-state index in [4.69, 9.17) is 14.2 Å². The highest BCUT2D eigenvalue weighted by molar-refractivity contribution is 5.40. The Morgan fingerprint density at radius 3 is 2.94 bits per heavy atom. The molecule has 2 unspecified atom stereocenters. The van der Waals surface area contributed by atoms with Gasteiger partial charge in [0.2, 0.25) is 6.29 Å². The van der Waals surface area contributed by atoms with Gasteiger partial charge >= 0.3 is 0 Å². The monoisotopic (exact) mass is 235 g/mol. The maximum absolute atomic E-state index is 5.88. The maximum atomic E-state index is 5.88. The van der Waals surface area contributed by atoms with Crippen molar-refractivity contribution in [3.05, 3.63) is 24.3 Å². The van der Waals surface area contributed by atoms with E-state index in [1.165, 1.54) is 0 Å². The molecule has 1 N–H and O–H groups in total. The molecule has 1 fully saturated rings. The molecule has 0 radical (unpaired) electrons. The lowest BCUT2D eigenvalue weighted by Crippen LogP contribution is -2.42. The Kier molecular flexibility index (Phi) is 3.16. The van der Waals surface area contributed by atoms with Gasteiger partial charge in [0.25, 0.3) is 0 Å². The molecule has 2 atom stereocenters. The molecule has 3 rings (SSSR count). The summed E-state index contributed by atoms with van der Waals surface area (Å²) in [5.74, 6) is 1.57. The zero-order chi connectivity index (χ0) is 11.5. The fourth-order valence-electron chi connectivity index (χ4n) is 2.22. The zero-order valence-electron chi connectivity index (χ0n) is 9.72. The largest absolute Gasteiger partial charge is 0.483 e. The van der Waals surface area contributed by atoms with Crippen LogP contribution < -0.4 is 14.8 Å². The van der Waals surface area contributed by atoms with Crippen LogP contribution in [0.25, 0.3) is 0 Å². The predicted octanol–water partition coefficient (Wildman–Crippen LogP) is 1.55. The minimum absolute atomic E-state index is 0.239. The maximum Gasteiger partial charge on any atom is 0.234 e. The number of rotatable bonds is 2. The first-order valence-electron chi connectivity index (χ1n) is 6.16. The van der Waals surface area contributed by atoms with Crippen molar-refractivity contribution in [1.29, 1.82) is 0 Å². The van der Waals surface area contributed by atoms with Crippen LogP contribution in [0.4, 0.5) is 0 Å². The summed E-state index contributed by atoms with van der Waals surface area (Å²) in [6, 6.07) is 7.69. The first kappa shape index (κ1) is 10.9. The Balaban J connectivity index is 1.60. The average molecular weight is 235 g/mol. The summed E-state index contributed by atoms with van der Waals surface area (Å²) in [7, 11) is 0. The summed E-state index contributed by atoms with van der Waals surface area (Å²) in [6.07, 6.45) is 2.21. The third kappa shape index (κ3) is 2.53. The number of nitrogens with one attached hydrogen (secondary N) is 1. The Bertz CT molecular complexity index is 377. The molecule has 0 aliphatic carbocycles. The molecule has 0 saturated carbocycles. The van der Waals surface area contributed by atoms with Crippen molar-refractivity contribution < 1.29 is 14.2 Å². The van der Waals surface area contributed by atoms with E-state index in [2.05, 4.69) is 5.32 Å². The second-order valence-corrected chi connectivity index (χ2v) is 4.41. The molecule has 1 aromatic rings. The van der Waals surface area contributed by atoms with Crippen LogP contribution in [-0.4, -0.2) is 32.1 Å². The number of hydrogen-bond donors (Lipinski definition) is 1. The van der Waals surface area contributed by atoms with Gasteiger partial charge < -0.3 is 19.5 Å². The third-order valence-electron chi connectivity index (χ3n) is 3.08. The predicted molar refractivity (Wildman–Crippen MR) is 63.3 cm³/mol. The molecule has 17 heavy (non-hydrogen) atoms. The van der Waals surface area contributed by atoms with Crippen LogP contribution in [0, 0.1) is 0 Å². The number of fused-ring (bicyclic) bond motifs is 1. The van der Waals surface area contributed by atoms with E-state index in [-0.39, 0.29) is 12.4 Å². The Morgan fingerprint density at radius 2 is 2.12 bits per heavy atom. The quantitative estimate of drug-likeness (QED) is 0.844. The van der Waals surface area contributed by atoms with Crippen molar-refractivity contribution in [3.63, 3.8) is 0 Å². The second-order valence-electron chi connectivity index (χ2n) is 4.41. The third-order valence-corrected chi connectivity index (χ3v) is 3.08. The SMILES string of the molecule is c1ccc2c(c1)OCC(OC1CCCNC1)O2. The number of ether oxygens (including phenoxy) is 3. The van der Waals surface area contributed by atoms with E-state index in [9.17, 15) is 0 Å². The summed E-state index contributed by atoms with van der Waals surface area (Å²) < 4.78 is 17.2. The standard InChI is InChI=1S/C13H17NO3/c1-2-6-12-11(5-1)15-9-13(17-12)16-10-4-3-7-14-8-10/h1-2,5-6,10,13-14H,3-4,7-9H2. The molecule has 1 aromatic carbocycles. The molecular formula is C13H17NO3.